The maximum Gasteiger partial charge on any atom is 0.246 e. The first-order valence-corrected chi connectivity index (χ1v) is 7.04. The van der Waals surface area contributed by atoms with Crippen LogP contribution in [0.3, 0.4) is 0 Å². The van der Waals surface area contributed by atoms with Gasteiger partial charge >= 0.3 is 0 Å². The second kappa shape index (κ2) is 6.11. The number of likely N-dealkylation sites (N-methyl/N-ethyl adjacent to an activating group) is 1. The molecule has 0 N–H and O–H groups in total. The smallest absolute Gasteiger partial charge is 0.246 e. The molecule has 1 fully saturated rings. The van der Waals surface area contributed by atoms with Gasteiger partial charge in [-0.3, -0.25) is 9.78 Å². The van der Waals surface area contributed by atoms with Crippen LogP contribution >= 0.6 is 11.3 Å². The minimum atomic E-state index is 0.118. The highest BCUT2D eigenvalue weighted by molar-refractivity contribution is 7.09. The molecule has 18 heavy (non-hydrogen) atoms. The van der Waals surface area contributed by atoms with Crippen molar-refractivity contribution in [2.24, 2.45) is 0 Å². The van der Waals surface area contributed by atoms with Crippen LogP contribution in [0.15, 0.2) is 23.9 Å². The van der Waals surface area contributed by atoms with Crippen molar-refractivity contribution in [3.05, 3.63) is 28.7 Å². The molecule has 1 aliphatic rings. The van der Waals surface area contributed by atoms with E-state index >= 15 is 0 Å². The van der Waals surface area contributed by atoms with Crippen molar-refractivity contribution in [2.45, 2.75) is 25.4 Å². The normalized spacial score (nSPS) is 15.5. The third-order valence-electron chi connectivity index (χ3n) is 2.81. The maximum atomic E-state index is 12.1. The molecule has 4 nitrogen and oxygen atoms in total. The summed E-state index contributed by atoms with van der Waals surface area (Å²) >= 11 is 1.61. The summed E-state index contributed by atoms with van der Waals surface area (Å²) in [5.74, 6) is 0.118. The van der Waals surface area contributed by atoms with Gasteiger partial charge in [0.05, 0.1) is 12.1 Å². The zero-order valence-electron chi connectivity index (χ0n) is 10.9. The highest BCUT2D eigenvalue weighted by atomic mass is 32.1. The van der Waals surface area contributed by atoms with Crippen molar-refractivity contribution in [2.75, 3.05) is 20.6 Å². The summed E-state index contributed by atoms with van der Waals surface area (Å²) < 4.78 is 0. The first-order chi connectivity index (χ1) is 8.66. The molecule has 1 saturated carbocycles. The number of amides is 1. The molecule has 1 aliphatic carbocycles. The molecule has 0 spiro atoms. The quantitative estimate of drug-likeness (QED) is 0.735. The van der Waals surface area contributed by atoms with E-state index in [9.17, 15) is 4.79 Å². The van der Waals surface area contributed by atoms with E-state index in [4.69, 9.17) is 0 Å². The Labute approximate surface area is 112 Å². The van der Waals surface area contributed by atoms with Gasteiger partial charge in [-0.25, -0.2) is 0 Å². The zero-order chi connectivity index (χ0) is 13.0. The molecule has 1 aromatic heterocycles. The maximum absolute atomic E-state index is 12.1. The summed E-state index contributed by atoms with van der Waals surface area (Å²) in [6, 6.07) is 0.434. The summed E-state index contributed by atoms with van der Waals surface area (Å²) in [6.45, 7) is 1.49. The third-order valence-corrected chi connectivity index (χ3v) is 3.58. The molecular weight excluding hydrogens is 246 g/mol. The third kappa shape index (κ3) is 3.92. The van der Waals surface area contributed by atoms with Crippen LogP contribution in [0.25, 0.3) is 0 Å². The molecule has 0 unspecified atom stereocenters. The molecular formula is C13H19N3OS. The number of nitrogens with zero attached hydrogens (tertiary/aromatic N) is 3. The van der Waals surface area contributed by atoms with Gasteiger partial charge in [0.1, 0.15) is 0 Å². The van der Waals surface area contributed by atoms with Crippen LogP contribution in [0.4, 0.5) is 0 Å². The summed E-state index contributed by atoms with van der Waals surface area (Å²) in [4.78, 5) is 21.3. The Morgan fingerprint density at radius 3 is 2.89 bits per heavy atom. The van der Waals surface area contributed by atoms with Gasteiger partial charge in [-0.1, -0.05) is 6.08 Å². The summed E-state index contributed by atoms with van der Waals surface area (Å²) in [5, 5.41) is 0. The predicted octanol–water partition coefficient (Wildman–Crippen LogP) is 1.75. The van der Waals surface area contributed by atoms with Crippen LogP contribution in [-0.4, -0.2) is 47.4 Å². The topological polar surface area (TPSA) is 36.4 Å². The van der Waals surface area contributed by atoms with Crippen LogP contribution < -0.4 is 0 Å². The van der Waals surface area contributed by atoms with E-state index in [0.717, 1.165) is 24.3 Å². The van der Waals surface area contributed by atoms with Crippen molar-refractivity contribution in [1.29, 1.82) is 0 Å². The number of carbonyl (C=O) groups is 1. The van der Waals surface area contributed by atoms with Crippen molar-refractivity contribution in [1.82, 2.24) is 14.8 Å². The van der Waals surface area contributed by atoms with Crippen LogP contribution in [-0.2, 0) is 11.3 Å². The molecule has 5 heteroatoms. The number of rotatable bonds is 6. The molecule has 0 radical (unpaired) electrons. The Morgan fingerprint density at radius 2 is 2.33 bits per heavy atom. The van der Waals surface area contributed by atoms with Gasteiger partial charge in [0, 0.05) is 29.7 Å². The van der Waals surface area contributed by atoms with E-state index < -0.39 is 0 Å². The standard InChI is InChI=1S/C13H19N3OS/c1-15(2)7-3-4-13(17)16(11-5-6-11)9-12-8-14-10-18-12/h3-4,8,10-11H,5-7,9H2,1-2H3/b4-3+. The highest BCUT2D eigenvalue weighted by Gasteiger charge is 2.31. The van der Waals surface area contributed by atoms with E-state index in [1.807, 2.05) is 41.7 Å². The van der Waals surface area contributed by atoms with Gasteiger partial charge in [-0.2, -0.15) is 0 Å². The van der Waals surface area contributed by atoms with Gasteiger partial charge in [0.15, 0.2) is 0 Å². The van der Waals surface area contributed by atoms with Crippen molar-refractivity contribution in [3.8, 4) is 0 Å². The van der Waals surface area contributed by atoms with Gasteiger partial charge in [0.2, 0.25) is 5.91 Å². The number of hydrogen-bond acceptors (Lipinski definition) is 4. The lowest BCUT2D eigenvalue weighted by Gasteiger charge is -2.19. The monoisotopic (exact) mass is 265 g/mol. The van der Waals surface area contributed by atoms with Crippen molar-refractivity contribution in [3.63, 3.8) is 0 Å². The molecule has 1 amide bonds. The Bertz CT molecular complexity index is 410. The second-order valence-corrected chi connectivity index (χ2v) is 5.80. The second-order valence-electron chi connectivity index (χ2n) is 4.83. The average Bonchev–Trinajstić information content (AvgIpc) is 3.02. The minimum Gasteiger partial charge on any atom is -0.331 e. The van der Waals surface area contributed by atoms with Crippen molar-refractivity contribution < 1.29 is 4.79 Å². The van der Waals surface area contributed by atoms with E-state index in [2.05, 4.69) is 4.98 Å². The first kappa shape index (κ1) is 13.2. The molecule has 0 bridgehead atoms. The number of carbonyl (C=O) groups excluding carboxylic acids is 1. The number of thiazole rings is 1. The fourth-order valence-electron chi connectivity index (χ4n) is 1.72. The molecule has 0 aromatic carbocycles. The Balaban J connectivity index is 1.93. The largest absolute Gasteiger partial charge is 0.331 e. The van der Waals surface area contributed by atoms with Gasteiger partial charge < -0.3 is 9.80 Å². The Hall–Kier alpha value is -1.20. The van der Waals surface area contributed by atoms with Crippen molar-refractivity contribution >= 4 is 17.2 Å². The molecule has 0 aliphatic heterocycles. The summed E-state index contributed by atoms with van der Waals surface area (Å²) in [7, 11) is 3.98. The Kier molecular flexibility index (Phi) is 4.49. The molecule has 98 valence electrons. The number of hydrogen-bond donors (Lipinski definition) is 0. The molecule has 0 atom stereocenters. The molecule has 1 heterocycles. The van der Waals surface area contributed by atoms with Crippen LogP contribution in [0.1, 0.15) is 17.7 Å². The van der Waals surface area contributed by atoms with Crippen LogP contribution in [0, 0.1) is 0 Å². The molecule has 2 rings (SSSR count). The summed E-state index contributed by atoms with van der Waals surface area (Å²) in [6.07, 6.45) is 7.72. The van der Waals surface area contributed by atoms with E-state index in [-0.39, 0.29) is 5.91 Å². The SMILES string of the molecule is CN(C)C/C=C/C(=O)N(Cc1cncs1)C1CC1. The fraction of sp³-hybridized carbons (Fsp3) is 0.538. The highest BCUT2D eigenvalue weighted by Crippen LogP contribution is 2.29. The van der Waals surface area contributed by atoms with E-state index in [1.165, 1.54) is 0 Å². The molecule has 1 aromatic rings. The minimum absolute atomic E-state index is 0.118. The van der Waals surface area contributed by atoms with E-state index in [0.29, 0.717) is 12.6 Å². The van der Waals surface area contributed by atoms with Gasteiger partial charge in [0.25, 0.3) is 0 Å². The predicted molar refractivity (Wildman–Crippen MR) is 73.4 cm³/mol. The lowest BCUT2D eigenvalue weighted by molar-refractivity contribution is -0.127. The number of aromatic nitrogens is 1. The van der Waals surface area contributed by atoms with E-state index in [1.54, 1.807) is 17.4 Å². The lowest BCUT2D eigenvalue weighted by atomic mass is 10.3. The Morgan fingerprint density at radius 1 is 1.56 bits per heavy atom. The summed E-state index contributed by atoms with van der Waals surface area (Å²) in [5.41, 5.74) is 1.81. The first-order valence-electron chi connectivity index (χ1n) is 6.16. The lowest BCUT2D eigenvalue weighted by Crippen LogP contribution is -2.31. The van der Waals surface area contributed by atoms with Gasteiger partial charge in [-0.05, 0) is 26.9 Å². The van der Waals surface area contributed by atoms with Crippen LogP contribution in [0.2, 0.25) is 0 Å². The van der Waals surface area contributed by atoms with Gasteiger partial charge in [-0.15, -0.1) is 11.3 Å². The zero-order valence-corrected chi connectivity index (χ0v) is 11.7. The molecule has 0 saturated heterocycles. The average molecular weight is 265 g/mol. The van der Waals surface area contributed by atoms with Crippen LogP contribution in [0.5, 0.6) is 0 Å². The fourth-order valence-corrected chi connectivity index (χ4v) is 2.31.